The fourth-order valence-corrected chi connectivity index (χ4v) is 2.86. The second-order valence-corrected chi connectivity index (χ2v) is 6.94. The summed E-state index contributed by atoms with van der Waals surface area (Å²) >= 11 is 0. The van der Waals surface area contributed by atoms with Gasteiger partial charge in [0.25, 0.3) is 5.89 Å². The van der Waals surface area contributed by atoms with Crippen molar-refractivity contribution in [3.8, 4) is 23.1 Å². The van der Waals surface area contributed by atoms with Gasteiger partial charge >= 0.3 is 6.18 Å². The van der Waals surface area contributed by atoms with E-state index < -0.39 is 12.8 Å². The van der Waals surface area contributed by atoms with Crippen LogP contribution in [0.4, 0.5) is 30.8 Å². The standard InChI is InChI=1S/C21H18F3N7O2/c1-31(15-5-3-2-4-6-15)20-28-16(27-19(25)29-20)17-26-18(33-30-17)14-9-7-13(8-10-14)11-32-12-21(22,23)24/h2-10H,11-12H2,1H3,(H2,25,27,28,29). The highest BCUT2D eigenvalue weighted by molar-refractivity contribution is 5.60. The lowest BCUT2D eigenvalue weighted by molar-refractivity contribution is -0.176. The minimum atomic E-state index is -4.37. The van der Waals surface area contributed by atoms with E-state index in [9.17, 15) is 13.2 Å². The van der Waals surface area contributed by atoms with Crippen molar-refractivity contribution < 1.29 is 22.4 Å². The van der Waals surface area contributed by atoms with Crippen LogP contribution in [0.3, 0.4) is 0 Å². The molecular weight excluding hydrogens is 439 g/mol. The molecule has 0 saturated carbocycles. The number of benzene rings is 2. The summed E-state index contributed by atoms with van der Waals surface area (Å²) in [7, 11) is 1.79. The van der Waals surface area contributed by atoms with E-state index in [-0.39, 0.29) is 30.1 Å². The zero-order valence-electron chi connectivity index (χ0n) is 17.3. The fourth-order valence-electron chi connectivity index (χ4n) is 2.86. The molecule has 4 aromatic rings. The molecule has 12 heteroatoms. The van der Waals surface area contributed by atoms with E-state index in [1.54, 1.807) is 36.2 Å². The number of hydrogen-bond acceptors (Lipinski definition) is 9. The Morgan fingerprint density at radius 2 is 1.67 bits per heavy atom. The molecule has 9 nitrogen and oxygen atoms in total. The van der Waals surface area contributed by atoms with Crippen LogP contribution in [0.15, 0.2) is 59.1 Å². The minimum Gasteiger partial charge on any atom is -0.368 e. The average molecular weight is 457 g/mol. The van der Waals surface area contributed by atoms with Crippen LogP contribution in [0.1, 0.15) is 5.56 Å². The zero-order valence-corrected chi connectivity index (χ0v) is 17.3. The van der Waals surface area contributed by atoms with Crippen LogP contribution < -0.4 is 10.6 Å². The molecule has 0 atom stereocenters. The number of aromatic nitrogens is 5. The lowest BCUT2D eigenvalue weighted by Crippen LogP contribution is -2.16. The molecule has 0 fully saturated rings. The van der Waals surface area contributed by atoms with Crippen molar-refractivity contribution in [2.45, 2.75) is 12.8 Å². The van der Waals surface area contributed by atoms with Crippen LogP contribution in [-0.4, -0.2) is 44.9 Å². The largest absolute Gasteiger partial charge is 0.411 e. The lowest BCUT2D eigenvalue weighted by Gasteiger charge is -2.17. The van der Waals surface area contributed by atoms with Crippen LogP contribution in [0, 0.1) is 0 Å². The van der Waals surface area contributed by atoms with E-state index in [2.05, 4.69) is 29.8 Å². The predicted molar refractivity (Wildman–Crippen MR) is 113 cm³/mol. The molecule has 0 bridgehead atoms. The predicted octanol–water partition coefficient (Wildman–Crippen LogP) is 4.02. The monoisotopic (exact) mass is 457 g/mol. The first kappa shape index (κ1) is 22.1. The minimum absolute atomic E-state index is 0.00709. The van der Waals surface area contributed by atoms with Crippen LogP contribution in [-0.2, 0) is 11.3 Å². The summed E-state index contributed by atoms with van der Waals surface area (Å²) in [6.07, 6.45) is -4.37. The summed E-state index contributed by atoms with van der Waals surface area (Å²) < 4.78 is 46.5. The van der Waals surface area contributed by atoms with Gasteiger partial charge < -0.3 is 19.9 Å². The van der Waals surface area contributed by atoms with Gasteiger partial charge in [0.15, 0.2) is 0 Å². The number of halogens is 3. The van der Waals surface area contributed by atoms with Gasteiger partial charge in [-0.1, -0.05) is 35.5 Å². The van der Waals surface area contributed by atoms with Crippen molar-refractivity contribution in [3.63, 3.8) is 0 Å². The second kappa shape index (κ2) is 9.20. The number of nitrogen functional groups attached to an aromatic ring is 1. The van der Waals surface area contributed by atoms with Gasteiger partial charge in [0.1, 0.15) is 6.61 Å². The number of para-hydroxylation sites is 1. The van der Waals surface area contributed by atoms with E-state index in [0.29, 0.717) is 17.1 Å². The molecule has 0 radical (unpaired) electrons. The summed E-state index contributed by atoms with van der Waals surface area (Å²) in [5, 5.41) is 3.91. The molecule has 33 heavy (non-hydrogen) atoms. The smallest absolute Gasteiger partial charge is 0.368 e. The van der Waals surface area contributed by atoms with E-state index in [1.165, 1.54) is 0 Å². The van der Waals surface area contributed by atoms with Crippen LogP contribution in [0.2, 0.25) is 0 Å². The molecule has 4 rings (SSSR count). The summed E-state index contributed by atoms with van der Waals surface area (Å²) in [5.41, 5.74) is 7.84. The third-order valence-corrected chi connectivity index (χ3v) is 4.45. The lowest BCUT2D eigenvalue weighted by atomic mass is 10.1. The van der Waals surface area contributed by atoms with Crippen molar-refractivity contribution in [2.24, 2.45) is 0 Å². The Hall–Kier alpha value is -4.06. The molecule has 0 unspecified atom stereocenters. The summed E-state index contributed by atoms with van der Waals surface area (Å²) in [5.74, 6) is 0.724. The summed E-state index contributed by atoms with van der Waals surface area (Å²) in [6, 6.07) is 16.0. The van der Waals surface area contributed by atoms with E-state index in [4.69, 9.17) is 10.3 Å². The molecule has 2 N–H and O–H groups in total. The first-order valence-corrected chi connectivity index (χ1v) is 9.67. The SMILES string of the molecule is CN(c1ccccc1)c1nc(N)nc(-c2noc(-c3ccc(COCC(F)(F)F)cc3)n2)n1. The third-order valence-electron chi connectivity index (χ3n) is 4.45. The number of hydrogen-bond donors (Lipinski definition) is 1. The van der Waals surface area contributed by atoms with Crippen molar-refractivity contribution in [1.29, 1.82) is 0 Å². The van der Waals surface area contributed by atoms with Crippen molar-refractivity contribution in [2.75, 3.05) is 24.3 Å². The molecule has 0 amide bonds. The van der Waals surface area contributed by atoms with E-state index >= 15 is 0 Å². The van der Waals surface area contributed by atoms with Gasteiger partial charge in [0.05, 0.1) is 6.61 Å². The second-order valence-electron chi connectivity index (χ2n) is 6.94. The van der Waals surface area contributed by atoms with Crippen molar-refractivity contribution in [1.82, 2.24) is 25.1 Å². The van der Waals surface area contributed by atoms with Gasteiger partial charge in [-0.05, 0) is 29.8 Å². The molecular formula is C21H18F3N7O2. The molecule has 170 valence electrons. The first-order valence-electron chi connectivity index (χ1n) is 9.67. The van der Waals surface area contributed by atoms with Crippen molar-refractivity contribution >= 4 is 17.6 Å². The summed E-state index contributed by atoms with van der Waals surface area (Å²) in [4.78, 5) is 18.7. The van der Waals surface area contributed by atoms with Gasteiger partial charge in [0.2, 0.25) is 23.5 Å². The molecule has 0 aliphatic carbocycles. The van der Waals surface area contributed by atoms with Crippen molar-refractivity contribution in [3.05, 3.63) is 60.2 Å². The maximum Gasteiger partial charge on any atom is 0.411 e. The van der Waals surface area contributed by atoms with E-state index in [1.807, 2.05) is 30.3 Å². The van der Waals surface area contributed by atoms with Gasteiger partial charge in [-0.2, -0.15) is 33.1 Å². The molecule has 2 aromatic heterocycles. The highest BCUT2D eigenvalue weighted by Gasteiger charge is 2.27. The Morgan fingerprint density at radius 1 is 0.939 bits per heavy atom. The maximum absolute atomic E-state index is 12.2. The third kappa shape index (κ3) is 5.60. The fraction of sp³-hybridized carbons (Fsp3) is 0.190. The first-order chi connectivity index (χ1) is 15.8. The summed E-state index contributed by atoms with van der Waals surface area (Å²) in [6.45, 7) is -1.48. The maximum atomic E-state index is 12.2. The number of nitrogens with zero attached hydrogens (tertiary/aromatic N) is 6. The Balaban J connectivity index is 1.51. The number of rotatable bonds is 7. The highest BCUT2D eigenvalue weighted by Crippen LogP contribution is 2.25. The van der Waals surface area contributed by atoms with Gasteiger partial charge in [-0.15, -0.1) is 0 Å². The Labute approximate surface area is 186 Å². The molecule has 2 heterocycles. The highest BCUT2D eigenvalue weighted by atomic mass is 19.4. The molecule has 0 aliphatic heterocycles. The average Bonchev–Trinajstić information content (AvgIpc) is 3.29. The Morgan fingerprint density at radius 3 is 2.36 bits per heavy atom. The number of alkyl halides is 3. The van der Waals surface area contributed by atoms with Crippen LogP contribution >= 0.6 is 0 Å². The number of ether oxygens (including phenoxy) is 1. The van der Waals surface area contributed by atoms with Gasteiger partial charge in [-0.3, -0.25) is 0 Å². The normalized spacial score (nSPS) is 11.5. The number of nitrogens with two attached hydrogens (primary N) is 1. The van der Waals surface area contributed by atoms with Gasteiger partial charge in [-0.25, -0.2) is 0 Å². The Bertz CT molecular complexity index is 1210. The van der Waals surface area contributed by atoms with E-state index in [0.717, 1.165) is 5.69 Å². The number of anilines is 3. The Kier molecular flexibility index (Phi) is 6.18. The molecule has 0 saturated heterocycles. The van der Waals surface area contributed by atoms with Crippen LogP contribution in [0.25, 0.3) is 23.1 Å². The zero-order chi connectivity index (χ0) is 23.4. The topological polar surface area (TPSA) is 116 Å². The molecule has 0 aliphatic rings. The van der Waals surface area contributed by atoms with Gasteiger partial charge in [0, 0.05) is 18.3 Å². The molecule has 0 spiro atoms. The quantitative estimate of drug-likeness (QED) is 0.439. The van der Waals surface area contributed by atoms with Crippen LogP contribution in [0.5, 0.6) is 0 Å². The molecule has 2 aromatic carbocycles.